The quantitative estimate of drug-likeness (QED) is 0.702. The first-order valence-electron chi connectivity index (χ1n) is 7.01. The van der Waals surface area contributed by atoms with Crippen LogP contribution in [-0.2, 0) is 4.79 Å². The smallest absolute Gasteiger partial charge is 0.133 e. The van der Waals surface area contributed by atoms with E-state index < -0.39 is 5.60 Å². The molecule has 3 aliphatic carbocycles. The van der Waals surface area contributed by atoms with Crippen molar-refractivity contribution < 1.29 is 9.90 Å². The van der Waals surface area contributed by atoms with E-state index >= 15 is 0 Å². The Hall–Kier alpha value is -0.370. The van der Waals surface area contributed by atoms with Crippen LogP contribution in [0.15, 0.2) is 0 Å². The molecular weight excluding hydrogens is 212 g/mol. The monoisotopic (exact) mass is 236 g/mol. The van der Waals surface area contributed by atoms with Crippen molar-refractivity contribution in [2.24, 2.45) is 22.7 Å². The minimum absolute atomic E-state index is 0.247. The molecule has 1 N–H and O–H groups in total. The highest BCUT2D eigenvalue weighted by atomic mass is 16.3. The number of fused-ring (bicyclic) bond motifs is 1. The number of Topliss-reactive ketones (excluding diaryl/α,β-unsaturated/α-hetero) is 1. The normalized spacial score (nSPS) is 58.0. The largest absolute Gasteiger partial charge is 0.390 e. The topological polar surface area (TPSA) is 37.3 Å². The summed E-state index contributed by atoms with van der Waals surface area (Å²) in [6.45, 7) is 6.64. The van der Waals surface area contributed by atoms with Crippen LogP contribution >= 0.6 is 0 Å². The molecule has 0 aliphatic heterocycles. The van der Waals surface area contributed by atoms with Crippen molar-refractivity contribution in [3.05, 3.63) is 0 Å². The molecule has 2 bridgehead atoms. The first kappa shape index (κ1) is 11.7. The summed E-state index contributed by atoms with van der Waals surface area (Å²) in [4.78, 5) is 11.7. The minimum atomic E-state index is -0.517. The molecule has 96 valence electrons. The number of carbonyl (C=O) groups excluding carboxylic acids is 1. The minimum Gasteiger partial charge on any atom is -0.390 e. The Morgan fingerprint density at radius 3 is 2.65 bits per heavy atom. The van der Waals surface area contributed by atoms with Gasteiger partial charge in [-0.1, -0.05) is 13.8 Å². The molecule has 1 spiro atoms. The molecule has 0 saturated heterocycles. The Morgan fingerprint density at radius 1 is 1.24 bits per heavy atom. The lowest BCUT2D eigenvalue weighted by molar-refractivity contribution is -0.128. The number of hydrogen-bond acceptors (Lipinski definition) is 2. The molecule has 0 amide bonds. The molecule has 3 fully saturated rings. The van der Waals surface area contributed by atoms with E-state index in [0.29, 0.717) is 17.6 Å². The van der Waals surface area contributed by atoms with Gasteiger partial charge in [0, 0.05) is 12.8 Å². The summed E-state index contributed by atoms with van der Waals surface area (Å²) < 4.78 is 0. The predicted molar refractivity (Wildman–Crippen MR) is 66.5 cm³/mol. The van der Waals surface area contributed by atoms with Gasteiger partial charge < -0.3 is 5.11 Å². The van der Waals surface area contributed by atoms with Crippen molar-refractivity contribution in [3.8, 4) is 0 Å². The van der Waals surface area contributed by atoms with Gasteiger partial charge in [-0.25, -0.2) is 0 Å². The highest BCUT2D eigenvalue weighted by molar-refractivity contribution is 5.80. The standard InChI is InChI=1S/C15H24O2/c1-10-12-6-11(16)4-5-15(12)8-13(10,2)7-14(3,17)9-15/h10,12,17H,4-9H2,1-3H3. The van der Waals surface area contributed by atoms with E-state index in [2.05, 4.69) is 13.8 Å². The Bertz CT molecular complexity index is 369. The van der Waals surface area contributed by atoms with Gasteiger partial charge >= 0.3 is 0 Å². The molecule has 3 rings (SSSR count). The van der Waals surface area contributed by atoms with E-state index in [1.807, 2.05) is 6.92 Å². The molecule has 0 radical (unpaired) electrons. The first-order chi connectivity index (χ1) is 7.77. The molecule has 3 saturated carbocycles. The van der Waals surface area contributed by atoms with Crippen molar-refractivity contribution in [2.75, 3.05) is 0 Å². The van der Waals surface area contributed by atoms with E-state index in [4.69, 9.17) is 0 Å². The fraction of sp³-hybridized carbons (Fsp3) is 0.933. The highest BCUT2D eigenvalue weighted by Crippen LogP contribution is 2.69. The summed E-state index contributed by atoms with van der Waals surface area (Å²) in [6.07, 6.45) is 5.59. The zero-order valence-electron chi connectivity index (χ0n) is 11.3. The van der Waals surface area contributed by atoms with Crippen molar-refractivity contribution >= 4 is 5.78 Å². The number of ketones is 1. The number of rotatable bonds is 0. The maximum atomic E-state index is 11.7. The third-order valence-electron chi connectivity index (χ3n) is 6.11. The van der Waals surface area contributed by atoms with Gasteiger partial charge in [0.05, 0.1) is 5.60 Å². The van der Waals surface area contributed by atoms with Crippen LogP contribution in [0.3, 0.4) is 0 Å². The van der Waals surface area contributed by atoms with E-state index in [-0.39, 0.29) is 10.8 Å². The molecule has 0 aromatic rings. The van der Waals surface area contributed by atoms with Crippen LogP contribution < -0.4 is 0 Å². The van der Waals surface area contributed by atoms with Crippen molar-refractivity contribution in [2.45, 2.75) is 64.9 Å². The van der Waals surface area contributed by atoms with Crippen molar-refractivity contribution in [3.63, 3.8) is 0 Å². The lowest BCUT2D eigenvalue weighted by Crippen LogP contribution is -2.45. The molecular formula is C15H24O2. The van der Waals surface area contributed by atoms with Gasteiger partial charge in [0.25, 0.3) is 0 Å². The number of hydrogen-bond donors (Lipinski definition) is 1. The summed E-state index contributed by atoms with van der Waals surface area (Å²) in [6, 6.07) is 0. The van der Waals surface area contributed by atoms with Crippen LogP contribution in [0, 0.1) is 22.7 Å². The van der Waals surface area contributed by atoms with Gasteiger partial charge in [-0.3, -0.25) is 4.79 Å². The van der Waals surface area contributed by atoms with E-state index in [0.717, 1.165) is 32.1 Å². The lowest BCUT2D eigenvalue weighted by Gasteiger charge is -2.48. The molecule has 2 heteroatoms. The molecule has 17 heavy (non-hydrogen) atoms. The van der Waals surface area contributed by atoms with Crippen molar-refractivity contribution in [1.29, 1.82) is 0 Å². The van der Waals surface area contributed by atoms with Gasteiger partial charge in [0.15, 0.2) is 0 Å². The zero-order valence-corrected chi connectivity index (χ0v) is 11.3. The van der Waals surface area contributed by atoms with Gasteiger partial charge in [-0.15, -0.1) is 0 Å². The number of carbonyl (C=O) groups is 1. The Morgan fingerprint density at radius 2 is 1.94 bits per heavy atom. The average molecular weight is 236 g/mol. The van der Waals surface area contributed by atoms with Crippen molar-refractivity contribution in [1.82, 2.24) is 0 Å². The second-order valence-electron chi connectivity index (χ2n) is 7.68. The fourth-order valence-corrected chi connectivity index (χ4v) is 5.71. The van der Waals surface area contributed by atoms with E-state index in [1.165, 1.54) is 6.42 Å². The summed E-state index contributed by atoms with van der Waals surface area (Å²) in [5.41, 5.74) is -0.00272. The molecule has 0 aromatic heterocycles. The van der Waals surface area contributed by atoms with Gasteiger partial charge in [-0.05, 0) is 55.3 Å². The predicted octanol–water partition coefficient (Wildman–Crippen LogP) is 2.93. The van der Waals surface area contributed by atoms with Crippen LogP contribution in [0.4, 0.5) is 0 Å². The second kappa shape index (κ2) is 3.14. The third kappa shape index (κ3) is 1.53. The van der Waals surface area contributed by atoms with Crippen LogP contribution in [-0.4, -0.2) is 16.5 Å². The lowest BCUT2D eigenvalue weighted by atomic mass is 9.59. The van der Waals surface area contributed by atoms with E-state index in [9.17, 15) is 9.90 Å². The second-order valence-corrected chi connectivity index (χ2v) is 7.68. The molecule has 2 nitrogen and oxygen atoms in total. The zero-order chi connectivity index (χ0) is 12.5. The Balaban J connectivity index is 2.03. The third-order valence-corrected chi connectivity index (χ3v) is 6.11. The SMILES string of the molecule is CC1C2CC(=O)CCC23CC(C)(O)CC1(C)C3. The molecule has 0 aromatic carbocycles. The van der Waals surface area contributed by atoms with E-state index in [1.54, 1.807) is 0 Å². The summed E-state index contributed by atoms with van der Waals surface area (Å²) in [5.74, 6) is 1.56. The molecule has 0 heterocycles. The fourth-order valence-electron chi connectivity index (χ4n) is 5.71. The van der Waals surface area contributed by atoms with Crippen LogP contribution in [0.5, 0.6) is 0 Å². The summed E-state index contributed by atoms with van der Waals surface area (Å²) in [7, 11) is 0. The van der Waals surface area contributed by atoms with Crippen LogP contribution in [0.1, 0.15) is 59.3 Å². The highest BCUT2D eigenvalue weighted by Gasteiger charge is 2.64. The Kier molecular flexibility index (Phi) is 2.16. The van der Waals surface area contributed by atoms with Crippen LogP contribution in [0.2, 0.25) is 0 Å². The maximum absolute atomic E-state index is 11.7. The summed E-state index contributed by atoms with van der Waals surface area (Å²) in [5, 5.41) is 10.6. The summed E-state index contributed by atoms with van der Waals surface area (Å²) >= 11 is 0. The first-order valence-corrected chi connectivity index (χ1v) is 7.01. The van der Waals surface area contributed by atoms with Gasteiger partial charge in [0.2, 0.25) is 0 Å². The Labute approximate surface area is 104 Å². The average Bonchev–Trinajstić information content (AvgIpc) is 2.32. The molecule has 3 aliphatic rings. The maximum Gasteiger partial charge on any atom is 0.133 e. The van der Waals surface area contributed by atoms with Gasteiger partial charge in [0.1, 0.15) is 5.78 Å². The molecule has 5 atom stereocenters. The molecule has 5 unspecified atom stereocenters. The van der Waals surface area contributed by atoms with Crippen LogP contribution in [0.25, 0.3) is 0 Å². The number of aliphatic hydroxyl groups is 1. The van der Waals surface area contributed by atoms with Gasteiger partial charge in [-0.2, -0.15) is 0 Å².